The summed E-state index contributed by atoms with van der Waals surface area (Å²) in [6, 6.07) is 13.6. The average Bonchev–Trinajstić information content (AvgIpc) is 2.94. The van der Waals surface area contributed by atoms with Crippen LogP contribution in [-0.2, 0) is 11.2 Å². The molecule has 1 amide bonds. The van der Waals surface area contributed by atoms with Crippen molar-refractivity contribution < 1.29 is 9.18 Å². The zero-order valence-corrected chi connectivity index (χ0v) is 12.6. The van der Waals surface area contributed by atoms with E-state index in [2.05, 4.69) is 10.3 Å². The second-order valence-electron chi connectivity index (χ2n) is 5.45. The van der Waals surface area contributed by atoms with E-state index >= 15 is 0 Å². The third-order valence-electron chi connectivity index (χ3n) is 3.89. The van der Waals surface area contributed by atoms with E-state index < -0.39 is 11.9 Å². The highest BCUT2D eigenvalue weighted by atomic mass is 19.1. The Morgan fingerprint density at radius 1 is 1.22 bits per heavy atom. The Balaban J connectivity index is 1.68. The van der Waals surface area contributed by atoms with Gasteiger partial charge in [0.1, 0.15) is 11.9 Å². The Hall–Kier alpha value is -2.66. The fraction of sp³-hybridized carbons (Fsp3) is 0.167. The van der Waals surface area contributed by atoms with E-state index in [0.717, 1.165) is 22.0 Å². The lowest BCUT2D eigenvalue weighted by atomic mass is 10.1. The van der Waals surface area contributed by atoms with Crippen LogP contribution in [0.2, 0.25) is 0 Å². The summed E-state index contributed by atoms with van der Waals surface area (Å²) in [5.41, 5.74) is 8.18. The number of aromatic amines is 1. The molecule has 0 saturated heterocycles. The molecule has 3 rings (SSSR count). The van der Waals surface area contributed by atoms with E-state index in [9.17, 15) is 9.18 Å². The first-order valence-electron chi connectivity index (χ1n) is 7.48. The predicted molar refractivity (Wildman–Crippen MR) is 88.3 cm³/mol. The van der Waals surface area contributed by atoms with Gasteiger partial charge in [0, 0.05) is 23.6 Å². The maximum atomic E-state index is 13.2. The molecule has 0 aliphatic rings. The van der Waals surface area contributed by atoms with Gasteiger partial charge in [-0.1, -0.05) is 30.3 Å². The van der Waals surface area contributed by atoms with Crippen LogP contribution in [0.15, 0.2) is 54.7 Å². The highest BCUT2D eigenvalue weighted by Gasteiger charge is 2.16. The second kappa shape index (κ2) is 6.62. The maximum Gasteiger partial charge on any atom is 0.239 e. The molecule has 0 radical (unpaired) electrons. The third kappa shape index (κ3) is 3.40. The Kier molecular flexibility index (Phi) is 4.39. The average molecular weight is 311 g/mol. The fourth-order valence-corrected chi connectivity index (χ4v) is 2.74. The molecule has 4 N–H and O–H groups in total. The van der Waals surface area contributed by atoms with Crippen LogP contribution < -0.4 is 11.1 Å². The minimum Gasteiger partial charge on any atom is -0.368 e. The van der Waals surface area contributed by atoms with E-state index in [1.54, 1.807) is 6.07 Å². The predicted octanol–water partition coefficient (Wildman–Crippen LogP) is 2.67. The van der Waals surface area contributed by atoms with Crippen molar-refractivity contribution in [3.8, 4) is 0 Å². The number of benzene rings is 2. The molecule has 0 fully saturated rings. The number of H-pyrrole nitrogens is 1. The Bertz CT molecular complexity index is 814. The molecule has 0 bridgehead atoms. The SMILES string of the molecule is NC(=O)[C@@H](NCCc1c[nH]c2cc(F)ccc12)c1ccccc1. The molecule has 1 heterocycles. The normalized spacial score (nSPS) is 12.4. The van der Waals surface area contributed by atoms with Crippen LogP contribution in [0.3, 0.4) is 0 Å². The summed E-state index contributed by atoms with van der Waals surface area (Å²) in [4.78, 5) is 14.7. The summed E-state index contributed by atoms with van der Waals surface area (Å²) in [5, 5.41) is 4.18. The second-order valence-corrected chi connectivity index (χ2v) is 5.45. The van der Waals surface area contributed by atoms with Gasteiger partial charge in [0.15, 0.2) is 0 Å². The number of rotatable bonds is 6. The van der Waals surface area contributed by atoms with Gasteiger partial charge in [0.05, 0.1) is 0 Å². The summed E-state index contributed by atoms with van der Waals surface area (Å²) in [6.07, 6.45) is 2.58. The van der Waals surface area contributed by atoms with E-state index in [1.807, 2.05) is 36.5 Å². The largest absolute Gasteiger partial charge is 0.368 e. The quantitative estimate of drug-likeness (QED) is 0.655. The van der Waals surface area contributed by atoms with E-state index in [4.69, 9.17) is 5.73 Å². The van der Waals surface area contributed by atoms with Crippen LogP contribution >= 0.6 is 0 Å². The molecular weight excluding hydrogens is 293 g/mol. The van der Waals surface area contributed by atoms with Crippen LogP contribution in [0.1, 0.15) is 17.2 Å². The molecule has 5 heteroatoms. The minimum absolute atomic E-state index is 0.262. The van der Waals surface area contributed by atoms with E-state index in [-0.39, 0.29) is 5.82 Å². The van der Waals surface area contributed by atoms with Crippen molar-refractivity contribution in [2.24, 2.45) is 5.73 Å². The number of hydrogen-bond donors (Lipinski definition) is 3. The van der Waals surface area contributed by atoms with Gasteiger partial charge in [-0.3, -0.25) is 4.79 Å². The molecule has 4 nitrogen and oxygen atoms in total. The zero-order valence-electron chi connectivity index (χ0n) is 12.6. The molecule has 3 aromatic rings. The fourth-order valence-electron chi connectivity index (χ4n) is 2.74. The zero-order chi connectivity index (χ0) is 16.2. The monoisotopic (exact) mass is 311 g/mol. The first kappa shape index (κ1) is 15.2. The molecule has 1 atom stereocenters. The standard InChI is InChI=1S/C18H18FN3O/c19-14-6-7-15-13(11-22-16(15)10-14)8-9-21-17(18(20)23)12-4-2-1-3-5-12/h1-7,10-11,17,21-22H,8-9H2,(H2,20,23)/t17-/m0/s1. The summed E-state index contributed by atoms with van der Waals surface area (Å²) in [6.45, 7) is 0.590. The number of hydrogen-bond acceptors (Lipinski definition) is 2. The Labute approximate surface area is 133 Å². The molecule has 23 heavy (non-hydrogen) atoms. The van der Waals surface area contributed by atoms with Gasteiger partial charge in [0.25, 0.3) is 0 Å². The number of primary amides is 1. The van der Waals surface area contributed by atoms with Crippen molar-refractivity contribution in [3.63, 3.8) is 0 Å². The lowest BCUT2D eigenvalue weighted by Crippen LogP contribution is -2.34. The molecule has 0 spiro atoms. The number of carbonyl (C=O) groups excluding carboxylic acids is 1. The summed E-state index contributed by atoms with van der Waals surface area (Å²) in [5.74, 6) is -0.668. The van der Waals surface area contributed by atoms with Gasteiger partial charge in [-0.15, -0.1) is 0 Å². The van der Waals surface area contributed by atoms with Crippen LogP contribution in [-0.4, -0.2) is 17.4 Å². The molecule has 118 valence electrons. The molecule has 0 saturated carbocycles. The summed E-state index contributed by atoms with van der Waals surface area (Å²) >= 11 is 0. The molecule has 0 unspecified atom stereocenters. The first-order valence-corrected chi connectivity index (χ1v) is 7.48. The number of aromatic nitrogens is 1. The van der Waals surface area contributed by atoms with Crippen molar-refractivity contribution >= 4 is 16.8 Å². The van der Waals surface area contributed by atoms with Crippen LogP contribution in [0.4, 0.5) is 4.39 Å². The number of fused-ring (bicyclic) bond motifs is 1. The van der Waals surface area contributed by atoms with Crippen molar-refractivity contribution in [2.75, 3.05) is 6.54 Å². The van der Waals surface area contributed by atoms with Gasteiger partial charge < -0.3 is 16.0 Å². The number of nitrogens with one attached hydrogen (secondary N) is 2. The lowest BCUT2D eigenvalue weighted by Gasteiger charge is -2.15. The number of amides is 1. The Morgan fingerprint density at radius 3 is 2.74 bits per heavy atom. The van der Waals surface area contributed by atoms with Gasteiger partial charge >= 0.3 is 0 Å². The van der Waals surface area contributed by atoms with Gasteiger partial charge in [-0.2, -0.15) is 0 Å². The molecular formula is C18H18FN3O. The smallest absolute Gasteiger partial charge is 0.239 e. The van der Waals surface area contributed by atoms with Crippen molar-refractivity contribution in [1.29, 1.82) is 0 Å². The number of halogens is 1. The molecule has 0 aliphatic heterocycles. The van der Waals surface area contributed by atoms with Gasteiger partial charge in [-0.05, 0) is 35.7 Å². The number of carbonyl (C=O) groups is 1. The van der Waals surface area contributed by atoms with E-state index in [0.29, 0.717) is 13.0 Å². The maximum absolute atomic E-state index is 13.2. The highest BCUT2D eigenvalue weighted by Crippen LogP contribution is 2.20. The van der Waals surface area contributed by atoms with Gasteiger partial charge in [0.2, 0.25) is 5.91 Å². The van der Waals surface area contributed by atoms with Crippen LogP contribution in [0, 0.1) is 5.82 Å². The minimum atomic E-state index is -0.515. The van der Waals surface area contributed by atoms with Crippen LogP contribution in [0.5, 0.6) is 0 Å². The number of nitrogens with two attached hydrogens (primary N) is 1. The molecule has 0 aliphatic carbocycles. The molecule has 1 aromatic heterocycles. The highest BCUT2D eigenvalue weighted by molar-refractivity contribution is 5.83. The third-order valence-corrected chi connectivity index (χ3v) is 3.89. The first-order chi connectivity index (χ1) is 11.1. The van der Waals surface area contributed by atoms with E-state index in [1.165, 1.54) is 12.1 Å². The van der Waals surface area contributed by atoms with Crippen molar-refractivity contribution in [3.05, 3.63) is 71.7 Å². The summed E-state index contributed by atoms with van der Waals surface area (Å²) in [7, 11) is 0. The van der Waals surface area contributed by atoms with Gasteiger partial charge in [-0.25, -0.2) is 4.39 Å². The van der Waals surface area contributed by atoms with Crippen molar-refractivity contribution in [2.45, 2.75) is 12.5 Å². The molecule has 2 aromatic carbocycles. The van der Waals surface area contributed by atoms with Crippen molar-refractivity contribution in [1.82, 2.24) is 10.3 Å². The van der Waals surface area contributed by atoms with Crippen LogP contribution in [0.25, 0.3) is 10.9 Å². The topological polar surface area (TPSA) is 70.9 Å². The Morgan fingerprint density at radius 2 is 2.00 bits per heavy atom. The summed E-state index contributed by atoms with van der Waals surface area (Å²) < 4.78 is 13.2. The lowest BCUT2D eigenvalue weighted by molar-refractivity contribution is -0.120.